The molecule has 2 atom stereocenters. The summed E-state index contributed by atoms with van der Waals surface area (Å²) in [4.78, 5) is 24.9. The normalized spacial score (nSPS) is 22.1. The number of allylic oxidation sites excluding steroid dienone is 1. The van der Waals surface area contributed by atoms with Crippen molar-refractivity contribution in [1.29, 1.82) is 0 Å². The molecule has 142 valence electrons. The van der Waals surface area contributed by atoms with Gasteiger partial charge in [-0.2, -0.15) is 0 Å². The fourth-order valence-electron chi connectivity index (χ4n) is 3.81. The molecule has 1 aliphatic carbocycles. The van der Waals surface area contributed by atoms with Crippen LogP contribution in [0.4, 0.5) is 0 Å². The van der Waals surface area contributed by atoms with Crippen LogP contribution in [0.1, 0.15) is 68.1 Å². The lowest BCUT2D eigenvalue weighted by Crippen LogP contribution is -2.43. The number of esters is 2. The molecule has 0 saturated heterocycles. The van der Waals surface area contributed by atoms with Crippen molar-refractivity contribution in [2.75, 3.05) is 13.7 Å². The number of hydrogen-bond donors (Lipinski definition) is 1. The van der Waals surface area contributed by atoms with Crippen molar-refractivity contribution in [2.45, 2.75) is 64.6 Å². The molecule has 0 radical (unpaired) electrons. The summed E-state index contributed by atoms with van der Waals surface area (Å²) in [5, 5.41) is 3.31. The van der Waals surface area contributed by atoms with E-state index in [2.05, 4.69) is 18.3 Å². The molecule has 0 aromatic carbocycles. The highest BCUT2D eigenvalue weighted by Gasteiger charge is 2.35. The van der Waals surface area contributed by atoms with Gasteiger partial charge in [-0.1, -0.05) is 13.0 Å². The average Bonchev–Trinajstić information content (AvgIpc) is 2.85. The molecule has 1 N–H and O–H groups in total. The van der Waals surface area contributed by atoms with Gasteiger partial charge in [-0.3, -0.25) is 10.1 Å². The van der Waals surface area contributed by atoms with Crippen LogP contribution >= 0.6 is 0 Å². The highest BCUT2D eigenvalue weighted by molar-refractivity contribution is 5.94. The zero-order valence-corrected chi connectivity index (χ0v) is 16.2. The molecule has 0 bridgehead atoms. The minimum Gasteiger partial charge on any atom is -0.465 e. The topological polar surface area (TPSA) is 69.6 Å². The Bertz CT molecular complexity index is 755. The molecule has 1 aliphatic heterocycles. The molecule has 6 nitrogen and oxygen atoms in total. The number of aromatic nitrogens is 1. The summed E-state index contributed by atoms with van der Waals surface area (Å²) in [6.45, 7) is 8.73. The lowest BCUT2D eigenvalue weighted by atomic mass is 9.83. The molecular formula is C20H28N2O4. The molecule has 2 aliphatic rings. The fraction of sp³-hybridized carbons (Fsp3) is 0.600. The van der Waals surface area contributed by atoms with E-state index in [1.54, 1.807) is 0 Å². The van der Waals surface area contributed by atoms with Crippen molar-refractivity contribution < 1.29 is 19.1 Å². The van der Waals surface area contributed by atoms with Gasteiger partial charge in [0.15, 0.2) is 0 Å². The maximum absolute atomic E-state index is 12.6. The van der Waals surface area contributed by atoms with Gasteiger partial charge in [0.2, 0.25) is 0 Å². The molecule has 2 unspecified atom stereocenters. The number of ether oxygens (including phenoxy) is 2. The van der Waals surface area contributed by atoms with E-state index in [4.69, 9.17) is 9.47 Å². The summed E-state index contributed by atoms with van der Waals surface area (Å²) in [6, 6.07) is -0.456. The number of rotatable bonds is 3. The molecule has 0 amide bonds. The van der Waals surface area contributed by atoms with E-state index >= 15 is 0 Å². The molecule has 6 heteroatoms. The van der Waals surface area contributed by atoms with Gasteiger partial charge in [0.05, 0.1) is 12.7 Å². The van der Waals surface area contributed by atoms with Gasteiger partial charge in [-0.05, 0) is 50.7 Å². The molecule has 1 aromatic rings. The summed E-state index contributed by atoms with van der Waals surface area (Å²) in [6.07, 6.45) is 5.90. The molecule has 0 saturated carbocycles. The zero-order valence-electron chi connectivity index (χ0n) is 16.2. The first kappa shape index (κ1) is 18.7. The van der Waals surface area contributed by atoms with E-state index in [0.29, 0.717) is 24.6 Å². The largest absolute Gasteiger partial charge is 0.465 e. The zero-order chi connectivity index (χ0) is 19.1. The molecule has 2 heterocycles. The number of hydrogen-bond acceptors (Lipinski definition) is 5. The van der Waals surface area contributed by atoms with Crippen LogP contribution in [0.15, 0.2) is 12.3 Å². The number of nitrogens with one attached hydrogen (secondary N) is 1. The second-order valence-electron chi connectivity index (χ2n) is 7.99. The van der Waals surface area contributed by atoms with Crippen LogP contribution in [0.3, 0.4) is 0 Å². The summed E-state index contributed by atoms with van der Waals surface area (Å²) >= 11 is 0. The highest BCUT2D eigenvalue weighted by atomic mass is 16.6. The smallest absolute Gasteiger partial charge is 0.339 e. The maximum atomic E-state index is 12.6. The Balaban J connectivity index is 2.01. The van der Waals surface area contributed by atoms with E-state index in [1.807, 2.05) is 31.5 Å². The summed E-state index contributed by atoms with van der Waals surface area (Å²) in [5.74, 6) is -0.296. The summed E-state index contributed by atoms with van der Waals surface area (Å²) in [7, 11) is 1.41. The van der Waals surface area contributed by atoms with Gasteiger partial charge in [0.25, 0.3) is 0 Å². The van der Waals surface area contributed by atoms with Crippen LogP contribution in [-0.2, 0) is 20.8 Å². The van der Waals surface area contributed by atoms with Crippen molar-refractivity contribution in [3.05, 3.63) is 29.1 Å². The lowest BCUT2D eigenvalue weighted by molar-refractivity contribution is -0.157. The third kappa shape index (κ3) is 3.43. The first-order valence-electron chi connectivity index (χ1n) is 9.22. The van der Waals surface area contributed by atoms with Crippen LogP contribution in [-0.4, -0.2) is 41.8 Å². The van der Waals surface area contributed by atoms with Crippen LogP contribution in [0.25, 0.3) is 5.57 Å². The Labute approximate surface area is 154 Å². The standard InChI is InChI=1S/C20H28N2O4/c1-6-12-7-8-13-9-21-15(19(24)26-20(2,3)4)11-22-10-14(18(23)25-5)16(12)17(13)22/h8,10,12,15,21H,6-7,9,11H2,1-5H3. The van der Waals surface area contributed by atoms with Gasteiger partial charge < -0.3 is 14.0 Å². The summed E-state index contributed by atoms with van der Waals surface area (Å²) in [5.41, 5.74) is 3.33. The second-order valence-corrected chi connectivity index (χ2v) is 7.99. The second kappa shape index (κ2) is 6.91. The summed E-state index contributed by atoms with van der Waals surface area (Å²) < 4.78 is 12.6. The number of carbonyl (C=O) groups is 2. The van der Waals surface area contributed by atoms with Gasteiger partial charge >= 0.3 is 11.9 Å². The van der Waals surface area contributed by atoms with Gasteiger partial charge in [0.1, 0.15) is 11.6 Å². The van der Waals surface area contributed by atoms with Crippen molar-refractivity contribution in [3.8, 4) is 0 Å². The number of methoxy groups -OCH3 is 1. The third-order valence-electron chi connectivity index (χ3n) is 4.99. The quantitative estimate of drug-likeness (QED) is 0.840. The average molecular weight is 360 g/mol. The predicted molar refractivity (Wildman–Crippen MR) is 99.0 cm³/mol. The third-order valence-corrected chi connectivity index (χ3v) is 4.99. The van der Waals surface area contributed by atoms with Crippen LogP contribution in [0.2, 0.25) is 0 Å². The van der Waals surface area contributed by atoms with E-state index in [1.165, 1.54) is 7.11 Å². The van der Waals surface area contributed by atoms with Crippen LogP contribution in [0.5, 0.6) is 0 Å². The Morgan fingerprint density at radius 2 is 2.08 bits per heavy atom. The SMILES string of the molecule is CCC1CC=C2CNC(C(=O)OC(C)(C)C)Cn3cc(C(=O)OC)c1c32. The fourth-order valence-corrected chi connectivity index (χ4v) is 3.81. The molecule has 0 spiro atoms. The maximum Gasteiger partial charge on any atom is 0.339 e. The molecule has 0 fully saturated rings. The Morgan fingerprint density at radius 1 is 1.35 bits per heavy atom. The van der Waals surface area contributed by atoms with Crippen molar-refractivity contribution in [3.63, 3.8) is 0 Å². The first-order chi connectivity index (χ1) is 12.2. The minimum absolute atomic E-state index is 0.272. The van der Waals surface area contributed by atoms with Crippen molar-refractivity contribution in [2.24, 2.45) is 0 Å². The van der Waals surface area contributed by atoms with E-state index in [-0.39, 0.29) is 11.9 Å². The van der Waals surface area contributed by atoms with Crippen molar-refractivity contribution >= 4 is 17.5 Å². The molecule has 3 rings (SSSR count). The predicted octanol–water partition coefficient (Wildman–Crippen LogP) is 2.87. The van der Waals surface area contributed by atoms with E-state index in [9.17, 15) is 9.59 Å². The van der Waals surface area contributed by atoms with Gasteiger partial charge in [0, 0.05) is 25.0 Å². The van der Waals surface area contributed by atoms with E-state index in [0.717, 1.165) is 29.7 Å². The van der Waals surface area contributed by atoms with Crippen LogP contribution < -0.4 is 5.32 Å². The van der Waals surface area contributed by atoms with Gasteiger partial charge in [-0.25, -0.2) is 4.79 Å². The number of nitrogens with zero attached hydrogens (tertiary/aromatic N) is 1. The Kier molecular flexibility index (Phi) is 4.97. The Hall–Kier alpha value is -2.08. The monoisotopic (exact) mass is 360 g/mol. The molecule has 1 aromatic heterocycles. The van der Waals surface area contributed by atoms with E-state index < -0.39 is 11.6 Å². The lowest BCUT2D eigenvalue weighted by Gasteiger charge is -2.24. The molecule has 26 heavy (non-hydrogen) atoms. The van der Waals surface area contributed by atoms with Crippen molar-refractivity contribution in [1.82, 2.24) is 9.88 Å². The minimum atomic E-state index is -0.535. The Morgan fingerprint density at radius 3 is 2.69 bits per heavy atom. The highest BCUT2D eigenvalue weighted by Crippen LogP contribution is 2.40. The number of carbonyl (C=O) groups excluding carboxylic acids is 2. The van der Waals surface area contributed by atoms with Crippen LogP contribution in [0, 0.1) is 0 Å². The van der Waals surface area contributed by atoms with Gasteiger partial charge in [-0.15, -0.1) is 0 Å². The first-order valence-corrected chi connectivity index (χ1v) is 9.22. The molecular weight excluding hydrogens is 332 g/mol.